The Morgan fingerprint density at radius 1 is 1.27 bits per heavy atom. The molecule has 3 heterocycles. The van der Waals surface area contributed by atoms with Crippen LogP contribution in [0.25, 0.3) is 0 Å². The summed E-state index contributed by atoms with van der Waals surface area (Å²) in [5.41, 5.74) is 0. The van der Waals surface area contributed by atoms with Gasteiger partial charge in [-0.05, 0) is 25.7 Å². The molecule has 0 saturated carbocycles. The molecule has 0 spiro atoms. The van der Waals surface area contributed by atoms with Crippen LogP contribution in [0.5, 0.6) is 0 Å². The maximum Gasteiger partial charge on any atom is 0.251 e. The summed E-state index contributed by atoms with van der Waals surface area (Å²) in [7, 11) is 1.51. The maximum absolute atomic E-state index is 12.6. The van der Waals surface area contributed by atoms with Crippen molar-refractivity contribution in [3.8, 4) is 0 Å². The summed E-state index contributed by atoms with van der Waals surface area (Å²) >= 11 is 0. The molecule has 3 fully saturated rings. The number of carbonyl (C=O) groups is 2. The van der Waals surface area contributed by atoms with Gasteiger partial charge in [0.1, 0.15) is 6.61 Å². The summed E-state index contributed by atoms with van der Waals surface area (Å²) in [6.45, 7) is 2.35. The van der Waals surface area contributed by atoms with Gasteiger partial charge in [-0.3, -0.25) is 14.4 Å². The van der Waals surface area contributed by atoms with Crippen LogP contribution in [0, 0.1) is 5.92 Å². The van der Waals surface area contributed by atoms with Crippen LogP contribution >= 0.6 is 0 Å². The van der Waals surface area contributed by atoms with Crippen LogP contribution in [0.2, 0.25) is 0 Å². The Morgan fingerprint density at radius 2 is 2.14 bits per heavy atom. The first-order valence-corrected chi connectivity index (χ1v) is 8.05. The Kier molecular flexibility index (Phi) is 4.95. The van der Waals surface area contributed by atoms with Gasteiger partial charge < -0.3 is 14.4 Å². The first-order chi connectivity index (χ1) is 10.7. The number of hydroxylamine groups is 2. The van der Waals surface area contributed by atoms with E-state index in [1.165, 1.54) is 12.2 Å². The molecular formula is C15H24N2O5. The molecule has 0 bridgehead atoms. The highest BCUT2D eigenvalue weighted by atomic mass is 16.7. The maximum atomic E-state index is 12.6. The average molecular weight is 312 g/mol. The number of carbonyl (C=O) groups excluding carboxylic acids is 2. The largest absolute Gasteiger partial charge is 0.376 e. The van der Waals surface area contributed by atoms with Gasteiger partial charge in [0.2, 0.25) is 5.91 Å². The molecule has 7 heteroatoms. The third kappa shape index (κ3) is 3.11. The predicted molar refractivity (Wildman–Crippen MR) is 76.7 cm³/mol. The second kappa shape index (κ2) is 6.93. The number of ether oxygens (including phenoxy) is 2. The fraction of sp³-hybridized carbons (Fsp3) is 0.867. The number of hydrogen-bond donors (Lipinski definition) is 0. The molecule has 7 nitrogen and oxygen atoms in total. The van der Waals surface area contributed by atoms with Gasteiger partial charge in [0, 0.05) is 26.8 Å². The number of nitrogens with zero attached hydrogens (tertiary/aromatic N) is 2. The third-order valence-electron chi connectivity index (χ3n) is 4.69. The fourth-order valence-electron chi connectivity index (χ4n) is 3.59. The summed E-state index contributed by atoms with van der Waals surface area (Å²) in [5, 5.41) is 1.47. The minimum absolute atomic E-state index is 0.0242. The summed E-state index contributed by atoms with van der Waals surface area (Å²) < 4.78 is 10.7. The molecule has 0 aromatic carbocycles. The molecule has 3 saturated heterocycles. The van der Waals surface area contributed by atoms with Crippen molar-refractivity contribution in [2.24, 2.45) is 5.92 Å². The normalized spacial score (nSPS) is 32.0. The molecule has 0 aromatic heterocycles. The smallest absolute Gasteiger partial charge is 0.251 e. The number of methoxy groups -OCH3 is 1. The highest BCUT2D eigenvalue weighted by molar-refractivity contribution is 5.82. The monoisotopic (exact) mass is 312 g/mol. The Balaban J connectivity index is 1.69. The van der Waals surface area contributed by atoms with Gasteiger partial charge in [-0.25, -0.2) is 5.06 Å². The van der Waals surface area contributed by atoms with Crippen molar-refractivity contribution in [3.05, 3.63) is 0 Å². The zero-order valence-corrected chi connectivity index (χ0v) is 13.0. The van der Waals surface area contributed by atoms with E-state index < -0.39 is 0 Å². The Labute approximate surface area is 130 Å². The first kappa shape index (κ1) is 15.7. The number of fused-ring (bicyclic) bond motifs is 1. The molecule has 3 aliphatic rings. The van der Waals surface area contributed by atoms with Gasteiger partial charge in [0.05, 0.1) is 24.7 Å². The second-order valence-electron chi connectivity index (χ2n) is 6.16. The number of piperidine rings is 1. The van der Waals surface area contributed by atoms with E-state index in [-0.39, 0.29) is 36.5 Å². The lowest BCUT2D eigenvalue weighted by molar-refractivity contribution is -0.204. The summed E-state index contributed by atoms with van der Waals surface area (Å²) in [4.78, 5) is 32.2. The van der Waals surface area contributed by atoms with Gasteiger partial charge in [0.25, 0.3) is 5.91 Å². The Bertz CT molecular complexity index is 424. The van der Waals surface area contributed by atoms with Crippen molar-refractivity contribution < 1.29 is 23.9 Å². The van der Waals surface area contributed by atoms with E-state index in [1.807, 2.05) is 0 Å². The van der Waals surface area contributed by atoms with Crippen molar-refractivity contribution in [3.63, 3.8) is 0 Å². The van der Waals surface area contributed by atoms with Gasteiger partial charge in [0.15, 0.2) is 0 Å². The fourth-order valence-corrected chi connectivity index (χ4v) is 3.59. The molecule has 0 radical (unpaired) electrons. The minimum Gasteiger partial charge on any atom is -0.376 e. The highest BCUT2D eigenvalue weighted by Gasteiger charge is 2.45. The lowest BCUT2D eigenvalue weighted by atomic mass is 9.89. The van der Waals surface area contributed by atoms with E-state index in [2.05, 4.69) is 0 Å². The zero-order valence-electron chi connectivity index (χ0n) is 13.0. The van der Waals surface area contributed by atoms with Crippen LogP contribution in [0.3, 0.4) is 0 Å². The number of hydrogen-bond acceptors (Lipinski definition) is 5. The van der Waals surface area contributed by atoms with Crippen molar-refractivity contribution in [2.75, 3.05) is 40.0 Å². The SMILES string of the molecule is COCC(=O)N1C[C@@H](C(=O)N2CCCCO2)C[C@H]2OCC[C@H]21. The second-order valence-corrected chi connectivity index (χ2v) is 6.16. The Morgan fingerprint density at radius 3 is 2.86 bits per heavy atom. The lowest BCUT2D eigenvalue weighted by Crippen LogP contribution is -2.56. The van der Waals surface area contributed by atoms with E-state index in [0.717, 1.165) is 19.3 Å². The number of likely N-dealkylation sites (tertiary alicyclic amines) is 1. The van der Waals surface area contributed by atoms with Crippen molar-refractivity contribution in [1.29, 1.82) is 0 Å². The van der Waals surface area contributed by atoms with Crippen molar-refractivity contribution in [2.45, 2.75) is 37.8 Å². The first-order valence-electron chi connectivity index (χ1n) is 8.05. The standard InChI is InChI=1S/C15H24N2O5/c1-20-10-14(18)16-9-11(8-13-12(16)4-7-21-13)15(19)17-5-2-3-6-22-17/h11-13H,2-10H2,1H3/t11-,12+,13+/m0/s1. The van der Waals surface area contributed by atoms with Gasteiger partial charge in [-0.1, -0.05) is 0 Å². The van der Waals surface area contributed by atoms with Crippen LogP contribution in [0.1, 0.15) is 25.7 Å². The number of amides is 2. The highest BCUT2D eigenvalue weighted by Crippen LogP contribution is 2.32. The van der Waals surface area contributed by atoms with Crippen LogP contribution in [-0.4, -0.2) is 73.9 Å². The Hall–Kier alpha value is -1.18. The quantitative estimate of drug-likeness (QED) is 0.744. The van der Waals surface area contributed by atoms with Crippen LogP contribution in [0.15, 0.2) is 0 Å². The minimum atomic E-state index is -0.252. The molecule has 3 rings (SSSR count). The lowest BCUT2D eigenvalue weighted by Gasteiger charge is -2.41. The van der Waals surface area contributed by atoms with E-state index in [0.29, 0.717) is 32.7 Å². The molecule has 0 aromatic rings. The molecule has 0 aliphatic carbocycles. The third-order valence-corrected chi connectivity index (χ3v) is 4.69. The molecule has 2 amide bonds. The number of rotatable bonds is 3. The summed E-state index contributed by atoms with van der Waals surface area (Å²) in [6.07, 6.45) is 3.41. The van der Waals surface area contributed by atoms with E-state index >= 15 is 0 Å². The molecule has 3 aliphatic heterocycles. The average Bonchev–Trinajstić information content (AvgIpc) is 3.02. The van der Waals surface area contributed by atoms with Gasteiger partial charge in [-0.15, -0.1) is 0 Å². The zero-order chi connectivity index (χ0) is 15.5. The topological polar surface area (TPSA) is 68.3 Å². The van der Waals surface area contributed by atoms with Crippen molar-refractivity contribution in [1.82, 2.24) is 9.96 Å². The summed E-state index contributed by atoms with van der Waals surface area (Å²) in [5.74, 6) is -0.345. The van der Waals surface area contributed by atoms with E-state index in [9.17, 15) is 9.59 Å². The van der Waals surface area contributed by atoms with E-state index in [4.69, 9.17) is 14.3 Å². The van der Waals surface area contributed by atoms with Crippen molar-refractivity contribution >= 4 is 11.8 Å². The van der Waals surface area contributed by atoms with Crippen LogP contribution in [-0.2, 0) is 23.9 Å². The molecule has 0 unspecified atom stereocenters. The molecule has 124 valence electrons. The van der Waals surface area contributed by atoms with Crippen LogP contribution < -0.4 is 0 Å². The predicted octanol–water partition coefficient (Wildman–Crippen LogP) is 0.193. The van der Waals surface area contributed by atoms with E-state index in [1.54, 1.807) is 4.90 Å². The molecular weight excluding hydrogens is 288 g/mol. The summed E-state index contributed by atoms with van der Waals surface area (Å²) in [6, 6.07) is 0.0778. The van der Waals surface area contributed by atoms with Crippen LogP contribution in [0.4, 0.5) is 0 Å². The van der Waals surface area contributed by atoms with Gasteiger partial charge in [-0.2, -0.15) is 0 Å². The molecule has 0 N–H and O–H groups in total. The molecule has 22 heavy (non-hydrogen) atoms. The molecule has 3 atom stereocenters. The van der Waals surface area contributed by atoms with Gasteiger partial charge >= 0.3 is 0 Å².